The van der Waals surface area contributed by atoms with E-state index in [1.165, 1.54) is 36.6 Å². The Bertz CT molecular complexity index is 805. The molecule has 146 valence electrons. The van der Waals surface area contributed by atoms with Crippen LogP contribution in [0, 0.1) is 6.92 Å². The van der Waals surface area contributed by atoms with Gasteiger partial charge < -0.3 is 14.3 Å². The number of aromatic nitrogens is 2. The SMILES string of the molecule is Cc1c(CC(=O)NCC(c2ccco2)N2CCCCCC2)ncn(C)c1=O. The minimum atomic E-state index is -0.134. The summed E-state index contributed by atoms with van der Waals surface area (Å²) in [6.45, 7) is 4.21. The molecule has 0 saturated carbocycles. The minimum Gasteiger partial charge on any atom is -0.468 e. The molecule has 1 saturated heterocycles. The molecule has 3 heterocycles. The van der Waals surface area contributed by atoms with Crippen LogP contribution in [0.25, 0.3) is 0 Å². The smallest absolute Gasteiger partial charge is 0.256 e. The predicted molar refractivity (Wildman–Crippen MR) is 102 cm³/mol. The van der Waals surface area contributed by atoms with Gasteiger partial charge in [-0.15, -0.1) is 0 Å². The van der Waals surface area contributed by atoms with Gasteiger partial charge in [-0.25, -0.2) is 4.98 Å². The fraction of sp³-hybridized carbons (Fsp3) is 0.550. The Hall–Kier alpha value is -2.41. The zero-order chi connectivity index (χ0) is 19.2. The molecule has 27 heavy (non-hydrogen) atoms. The van der Waals surface area contributed by atoms with Gasteiger partial charge in [-0.1, -0.05) is 12.8 Å². The van der Waals surface area contributed by atoms with Crippen molar-refractivity contribution in [2.45, 2.75) is 45.1 Å². The van der Waals surface area contributed by atoms with Crippen molar-refractivity contribution in [3.8, 4) is 0 Å². The second-order valence-electron chi connectivity index (χ2n) is 7.19. The Morgan fingerprint density at radius 1 is 1.30 bits per heavy atom. The standard InChI is InChI=1S/C20H28N4O3/c1-15-16(22-14-23(2)20(15)26)12-19(25)21-13-17(18-8-7-11-27-18)24-9-5-3-4-6-10-24/h7-8,11,14,17H,3-6,9-10,12-13H2,1-2H3,(H,21,25). The molecule has 1 unspecified atom stereocenters. The fourth-order valence-electron chi connectivity index (χ4n) is 3.59. The number of nitrogens with one attached hydrogen (secondary N) is 1. The highest BCUT2D eigenvalue weighted by Crippen LogP contribution is 2.24. The third-order valence-corrected chi connectivity index (χ3v) is 5.23. The summed E-state index contributed by atoms with van der Waals surface area (Å²) in [7, 11) is 1.65. The lowest BCUT2D eigenvalue weighted by Crippen LogP contribution is -2.39. The van der Waals surface area contributed by atoms with E-state index in [-0.39, 0.29) is 23.9 Å². The number of amides is 1. The molecule has 0 radical (unpaired) electrons. The molecule has 0 aromatic carbocycles. The first-order valence-electron chi connectivity index (χ1n) is 9.61. The molecule has 0 bridgehead atoms. The Morgan fingerprint density at radius 2 is 2.04 bits per heavy atom. The minimum absolute atomic E-state index is 0.0275. The van der Waals surface area contributed by atoms with E-state index < -0.39 is 0 Å². The first kappa shape index (κ1) is 19.4. The highest BCUT2D eigenvalue weighted by atomic mass is 16.3. The Labute approximate surface area is 159 Å². The number of carbonyl (C=O) groups is 1. The van der Waals surface area contributed by atoms with Gasteiger partial charge >= 0.3 is 0 Å². The Morgan fingerprint density at radius 3 is 2.70 bits per heavy atom. The molecule has 1 amide bonds. The van der Waals surface area contributed by atoms with E-state index in [1.54, 1.807) is 20.2 Å². The van der Waals surface area contributed by atoms with Crippen LogP contribution in [0.3, 0.4) is 0 Å². The topological polar surface area (TPSA) is 80.4 Å². The van der Waals surface area contributed by atoms with Gasteiger partial charge in [0.25, 0.3) is 5.56 Å². The molecule has 1 atom stereocenters. The summed E-state index contributed by atoms with van der Waals surface area (Å²) in [5, 5.41) is 3.01. The van der Waals surface area contributed by atoms with E-state index in [9.17, 15) is 9.59 Å². The summed E-state index contributed by atoms with van der Waals surface area (Å²) in [6, 6.07) is 3.88. The predicted octanol–water partition coefficient (Wildman–Crippen LogP) is 1.96. The zero-order valence-electron chi connectivity index (χ0n) is 16.1. The third-order valence-electron chi connectivity index (χ3n) is 5.23. The third kappa shape index (κ3) is 4.86. The lowest BCUT2D eigenvalue weighted by atomic mass is 10.1. The maximum atomic E-state index is 12.5. The van der Waals surface area contributed by atoms with Gasteiger partial charge in [-0.05, 0) is 45.0 Å². The van der Waals surface area contributed by atoms with E-state index in [2.05, 4.69) is 15.2 Å². The molecule has 2 aromatic heterocycles. The second kappa shape index (κ2) is 8.99. The summed E-state index contributed by atoms with van der Waals surface area (Å²) < 4.78 is 7.06. The summed E-state index contributed by atoms with van der Waals surface area (Å²) in [6.07, 6.45) is 8.08. The van der Waals surface area contributed by atoms with Crippen molar-refractivity contribution in [3.05, 3.63) is 52.1 Å². The van der Waals surface area contributed by atoms with Crippen LogP contribution in [0.15, 0.2) is 33.9 Å². The number of hydrogen-bond donors (Lipinski definition) is 1. The van der Waals surface area contributed by atoms with Gasteiger partial charge in [0.1, 0.15) is 5.76 Å². The molecule has 1 N–H and O–H groups in total. The Balaban J connectivity index is 1.65. The van der Waals surface area contributed by atoms with Crippen molar-refractivity contribution in [3.63, 3.8) is 0 Å². The lowest BCUT2D eigenvalue weighted by molar-refractivity contribution is -0.120. The van der Waals surface area contributed by atoms with E-state index in [4.69, 9.17) is 4.42 Å². The normalized spacial score (nSPS) is 16.7. The van der Waals surface area contributed by atoms with E-state index in [0.29, 0.717) is 17.8 Å². The van der Waals surface area contributed by atoms with Crippen molar-refractivity contribution < 1.29 is 9.21 Å². The van der Waals surface area contributed by atoms with Gasteiger partial charge in [0.2, 0.25) is 5.91 Å². The first-order valence-corrected chi connectivity index (χ1v) is 9.61. The van der Waals surface area contributed by atoms with Crippen molar-refractivity contribution in [2.24, 2.45) is 7.05 Å². The van der Waals surface area contributed by atoms with Crippen molar-refractivity contribution >= 4 is 5.91 Å². The molecule has 2 aromatic rings. The second-order valence-corrected chi connectivity index (χ2v) is 7.19. The Kier molecular flexibility index (Phi) is 6.45. The van der Waals surface area contributed by atoms with Crippen LogP contribution < -0.4 is 10.9 Å². The van der Waals surface area contributed by atoms with Gasteiger partial charge in [0.05, 0.1) is 30.7 Å². The summed E-state index contributed by atoms with van der Waals surface area (Å²) in [4.78, 5) is 31.1. The average molecular weight is 372 g/mol. The molecular weight excluding hydrogens is 344 g/mol. The van der Waals surface area contributed by atoms with E-state index in [1.807, 2.05) is 12.1 Å². The highest BCUT2D eigenvalue weighted by Gasteiger charge is 2.24. The maximum Gasteiger partial charge on any atom is 0.256 e. The van der Waals surface area contributed by atoms with Crippen LogP contribution in [0.5, 0.6) is 0 Å². The van der Waals surface area contributed by atoms with Crippen LogP contribution in [-0.2, 0) is 18.3 Å². The largest absolute Gasteiger partial charge is 0.468 e. The van der Waals surface area contributed by atoms with Crippen LogP contribution in [0.4, 0.5) is 0 Å². The molecular formula is C20H28N4O3. The number of nitrogens with zero attached hydrogens (tertiary/aromatic N) is 3. The number of hydrogen-bond acceptors (Lipinski definition) is 5. The lowest BCUT2D eigenvalue weighted by Gasteiger charge is -2.29. The number of rotatable bonds is 6. The fourth-order valence-corrected chi connectivity index (χ4v) is 3.59. The zero-order valence-corrected chi connectivity index (χ0v) is 16.1. The van der Waals surface area contributed by atoms with Crippen LogP contribution >= 0.6 is 0 Å². The molecule has 1 aliphatic rings. The first-order chi connectivity index (χ1) is 13.1. The average Bonchev–Trinajstić information content (AvgIpc) is 3.05. The summed E-state index contributed by atoms with van der Waals surface area (Å²) in [5.74, 6) is 0.741. The number of carbonyl (C=O) groups excluding carboxylic acids is 1. The van der Waals surface area contributed by atoms with Gasteiger partial charge in [-0.3, -0.25) is 14.5 Å². The van der Waals surface area contributed by atoms with Crippen LogP contribution in [-0.4, -0.2) is 40.0 Å². The highest BCUT2D eigenvalue weighted by molar-refractivity contribution is 5.78. The summed E-state index contributed by atoms with van der Waals surface area (Å²) >= 11 is 0. The quantitative estimate of drug-likeness (QED) is 0.838. The molecule has 7 nitrogen and oxygen atoms in total. The van der Waals surface area contributed by atoms with Gasteiger partial charge in [-0.2, -0.15) is 0 Å². The molecule has 0 spiro atoms. The molecule has 1 fully saturated rings. The van der Waals surface area contributed by atoms with Crippen molar-refractivity contribution in [1.29, 1.82) is 0 Å². The summed E-state index contributed by atoms with van der Waals surface area (Å²) in [5.41, 5.74) is 0.927. The molecule has 1 aliphatic heterocycles. The number of likely N-dealkylation sites (tertiary alicyclic amines) is 1. The van der Waals surface area contributed by atoms with Crippen LogP contribution in [0.2, 0.25) is 0 Å². The van der Waals surface area contributed by atoms with E-state index >= 15 is 0 Å². The molecule has 3 rings (SSSR count). The van der Waals surface area contributed by atoms with Gasteiger partial charge in [0.15, 0.2) is 0 Å². The maximum absolute atomic E-state index is 12.5. The van der Waals surface area contributed by atoms with Gasteiger partial charge in [0, 0.05) is 19.2 Å². The van der Waals surface area contributed by atoms with Crippen molar-refractivity contribution in [2.75, 3.05) is 19.6 Å². The van der Waals surface area contributed by atoms with E-state index in [0.717, 1.165) is 18.8 Å². The van der Waals surface area contributed by atoms with Crippen LogP contribution in [0.1, 0.15) is 48.7 Å². The number of aryl methyl sites for hydroxylation is 1. The molecule has 0 aliphatic carbocycles. The monoisotopic (exact) mass is 372 g/mol. The molecule has 7 heteroatoms. The van der Waals surface area contributed by atoms with Crippen molar-refractivity contribution in [1.82, 2.24) is 19.8 Å². The number of furan rings is 1.